The van der Waals surface area contributed by atoms with E-state index in [1.54, 1.807) is 0 Å². The normalized spacial score (nSPS) is 3.75. The molecule has 0 saturated carbocycles. The fourth-order valence-electron chi connectivity index (χ4n) is 0. The molecule has 4 N–H and O–H groups in total. The van der Waals surface area contributed by atoms with Gasteiger partial charge in [-0.3, -0.25) is 0 Å². The number of hydrogen-bond donors (Lipinski definition) is 3. The molecule has 0 aliphatic heterocycles. The second kappa shape index (κ2) is 67.4. The van der Waals surface area contributed by atoms with Gasteiger partial charge in [0.25, 0.3) is 0 Å². The summed E-state index contributed by atoms with van der Waals surface area (Å²) in [6.07, 6.45) is 0. The van der Waals surface area contributed by atoms with Crippen LogP contribution in [0.5, 0.6) is 0 Å². The van der Waals surface area contributed by atoms with E-state index in [9.17, 15) is 0 Å². The van der Waals surface area contributed by atoms with Gasteiger partial charge in [0.2, 0.25) is 0 Å². The van der Waals surface area contributed by atoms with Crippen molar-refractivity contribution in [2.45, 2.75) is 0 Å². The molecule has 0 aromatic heterocycles. The Labute approximate surface area is 94.2 Å². The molecule has 0 radical (unpaired) electrons. The average Bonchev–Trinajstić information content (AvgIpc) is 2.06. The van der Waals surface area contributed by atoms with Crippen LogP contribution in [0.3, 0.4) is 0 Å². The molecule has 0 bridgehead atoms. The Kier molecular flexibility index (Phi) is 153. The quantitative estimate of drug-likeness (QED) is 0.292. The standard InChI is InChI=1S/CH3BO2.CH3.BH3O3.2BO2.H2O/c1-4-2-3;;2-1(3)4;2*2-1-3;/h1H3;1H3;2-4H;;;1H2/q;+1;;2*-1;/p-1. The third-order valence-electron chi connectivity index (χ3n) is 0.0962. The Morgan fingerprint density at radius 1 is 1.06 bits per heavy atom. The van der Waals surface area contributed by atoms with Crippen molar-refractivity contribution in [2.75, 3.05) is 7.11 Å². The average molecular weight is 237 g/mol. The summed E-state index contributed by atoms with van der Waals surface area (Å²) >= 11 is 0. The van der Waals surface area contributed by atoms with E-state index in [1.165, 1.54) is 7.11 Å². The zero-order valence-electron chi connectivity index (χ0n) is 8.55. The van der Waals surface area contributed by atoms with Crippen molar-refractivity contribution in [3.05, 3.63) is 7.43 Å². The molecule has 0 rings (SSSR count). The van der Waals surface area contributed by atoms with E-state index < -0.39 is 22.0 Å². The maximum Gasteiger partial charge on any atom is 0.631 e. The molecule has 0 fully saturated rings. The van der Waals surface area contributed by atoms with Crippen molar-refractivity contribution in [1.82, 2.24) is 0 Å². The molecule has 0 aliphatic carbocycles. The summed E-state index contributed by atoms with van der Waals surface area (Å²) < 4.78 is 29.3. The van der Waals surface area contributed by atoms with Crippen LogP contribution < -0.4 is 10.0 Å². The third kappa shape index (κ3) is 33400. The topological polar surface area (TPSA) is 197 Å². The molecule has 0 spiro atoms. The Bertz CT molecular complexity index is 100. The third-order valence-corrected chi connectivity index (χ3v) is 0.0962. The van der Waals surface area contributed by atoms with Gasteiger partial charge >= 0.3 is 65.3 Å². The molecular weight excluding hydrogens is 227 g/mol. The first-order chi connectivity index (χ1) is 6.47. The minimum absolute atomic E-state index is 0. The molecule has 0 aromatic rings. The van der Waals surface area contributed by atoms with Crippen LogP contribution in [-0.4, -0.2) is 57.0 Å². The molecule has 0 unspecified atom stereocenters. The van der Waals surface area contributed by atoms with E-state index >= 15 is 0 Å². The molecule has 0 aromatic carbocycles. The summed E-state index contributed by atoms with van der Waals surface area (Å²) in [4.78, 5) is 0. The van der Waals surface area contributed by atoms with Crippen LogP contribution in [-0.2, 0) is 18.8 Å². The van der Waals surface area contributed by atoms with Gasteiger partial charge < -0.3 is 20.5 Å². The first kappa shape index (κ1) is 36.4. The molecule has 0 atom stereocenters. The van der Waals surface area contributed by atoms with Gasteiger partial charge in [0.05, 0.1) is 0 Å². The second-order valence-electron chi connectivity index (χ2n) is 0.871. The van der Waals surface area contributed by atoms with Gasteiger partial charge in [-0.1, -0.05) is 0 Å². The zero-order chi connectivity index (χ0) is 12.4. The first-order valence-corrected chi connectivity index (χ1v) is 2.60. The van der Waals surface area contributed by atoms with Crippen molar-refractivity contribution in [3.8, 4) is 0 Å². The summed E-state index contributed by atoms with van der Waals surface area (Å²) in [5, 5.41) is 38.0. The summed E-state index contributed by atoms with van der Waals surface area (Å²) in [5.74, 6) is 0. The SMILES string of the molecule is COB=O.O=B[O-].O=B[O-].OB(O)O.[CH3+].[OH-]. The summed E-state index contributed by atoms with van der Waals surface area (Å²) in [7, 11) is -1.48. The van der Waals surface area contributed by atoms with Gasteiger partial charge in [-0.15, -0.1) is 0 Å². The summed E-state index contributed by atoms with van der Waals surface area (Å²) in [6, 6.07) is 0. The first-order valence-electron chi connectivity index (χ1n) is 2.60. The Balaban J connectivity index is -0.0000000202. The monoisotopic (exact) mass is 238 g/mol. The van der Waals surface area contributed by atoms with Crippen LogP contribution in [0.15, 0.2) is 0 Å². The van der Waals surface area contributed by atoms with Crippen molar-refractivity contribution < 1.29 is 49.4 Å². The fourth-order valence-corrected chi connectivity index (χ4v) is 0. The minimum atomic E-state index is -2.17. The predicted octanol–water partition coefficient (Wildman–Crippen LogP) is -5.56. The van der Waals surface area contributed by atoms with Gasteiger partial charge in [0.15, 0.2) is 0 Å². The van der Waals surface area contributed by atoms with Crippen LogP contribution in [0.25, 0.3) is 0 Å². The number of rotatable bonds is 1. The molecule has 16 heavy (non-hydrogen) atoms. The van der Waals surface area contributed by atoms with Gasteiger partial charge in [-0.2, -0.15) is 0 Å². The molecule has 0 amide bonds. The molecule has 92 valence electrons. The second-order valence-corrected chi connectivity index (χ2v) is 0.871. The molecule has 0 aliphatic rings. The smallest absolute Gasteiger partial charge is 0.631 e. The molecule has 0 heterocycles. The molecule has 0 saturated heterocycles. The fraction of sp³-hybridized carbons (Fsp3) is 0.500. The molecule has 14 heteroatoms. The van der Waals surface area contributed by atoms with Gasteiger partial charge in [0.1, 0.15) is 0 Å². The Morgan fingerprint density at radius 2 is 1.12 bits per heavy atom. The van der Waals surface area contributed by atoms with Crippen LogP contribution in [0, 0.1) is 7.43 Å². The van der Waals surface area contributed by atoms with Crippen LogP contribution in [0.2, 0.25) is 0 Å². The van der Waals surface area contributed by atoms with E-state index in [1.807, 2.05) is 0 Å². The van der Waals surface area contributed by atoms with Crippen molar-refractivity contribution in [3.63, 3.8) is 0 Å². The zero-order valence-corrected chi connectivity index (χ0v) is 8.55. The van der Waals surface area contributed by atoms with Crippen LogP contribution >= 0.6 is 0 Å². The predicted molar refractivity (Wildman–Crippen MR) is 47.1 cm³/mol. The van der Waals surface area contributed by atoms with E-state index in [-0.39, 0.29) is 12.9 Å². The maximum absolute atomic E-state index is 8.95. The summed E-state index contributed by atoms with van der Waals surface area (Å²) in [6.45, 7) is 0. The summed E-state index contributed by atoms with van der Waals surface area (Å²) in [5.41, 5.74) is 0. The number of hydrogen-bond acceptors (Lipinski definition) is 10. The van der Waals surface area contributed by atoms with Crippen molar-refractivity contribution >= 4 is 29.4 Å². The van der Waals surface area contributed by atoms with E-state index in [0.29, 0.717) is 7.35 Å². The maximum atomic E-state index is 8.95. The minimum Gasteiger partial charge on any atom is -0.870 e. The van der Waals surface area contributed by atoms with Gasteiger partial charge in [-0.25, -0.2) is 0 Å². The molecular formula is C2H10B4O10-2. The Hall–Kier alpha value is -1.23. The van der Waals surface area contributed by atoms with E-state index in [0.717, 1.165) is 0 Å². The van der Waals surface area contributed by atoms with E-state index in [4.69, 9.17) is 39.2 Å². The van der Waals surface area contributed by atoms with Gasteiger partial charge in [0, 0.05) is 7.43 Å². The molecule has 10 nitrogen and oxygen atoms in total. The van der Waals surface area contributed by atoms with E-state index in [2.05, 4.69) is 4.65 Å². The Morgan fingerprint density at radius 3 is 1.12 bits per heavy atom. The van der Waals surface area contributed by atoms with Crippen LogP contribution in [0.4, 0.5) is 0 Å². The van der Waals surface area contributed by atoms with Crippen LogP contribution in [0.1, 0.15) is 0 Å². The largest absolute Gasteiger partial charge is 0.870 e. The van der Waals surface area contributed by atoms with Crippen molar-refractivity contribution in [1.29, 1.82) is 0 Å². The van der Waals surface area contributed by atoms with Gasteiger partial charge in [-0.05, 0) is 0 Å². The van der Waals surface area contributed by atoms with Crippen molar-refractivity contribution in [2.24, 2.45) is 0 Å².